The fourth-order valence-corrected chi connectivity index (χ4v) is 1.74. The van der Waals surface area contributed by atoms with Crippen LogP contribution in [0.5, 0.6) is 0 Å². The molecule has 13 heavy (non-hydrogen) atoms. The monoisotopic (exact) mass is 184 g/mol. The Morgan fingerprint density at radius 3 is 2.62 bits per heavy atom. The Labute approximate surface area is 82.7 Å². The van der Waals surface area contributed by atoms with E-state index in [0.717, 1.165) is 18.4 Å². The van der Waals surface area contributed by atoms with Crippen molar-refractivity contribution in [3.05, 3.63) is 0 Å². The maximum atomic E-state index is 3.18. The van der Waals surface area contributed by atoms with Gasteiger partial charge in [-0.25, -0.2) is 0 Å². The van der Waals surface area contributed by atoms with Crippen molar-refractivity contribution in [1.29, 1.82) is 0 Å². The van der Waals surface area contributed by atoms with Crippen molar-refractivity contribution in [2.45, 2.75) is 26.2 Å². The molecule has 1 atom stereocenters. The van der Waals surface area contributed by atoms with Gasteiger partial charge in [0, 0.05) is 13.1 Å². The number of rotatable bonds is 7. The largest absolute Gasteiger partial charge is 0.318 e. The predicted octanol–water partition coefficient (Wildman–Crippen LogP) is 1.57. The van der Waals surface area contributed by atoms with E-state index >= 15 is 0 Å². The van der Waals surface area contributed by atoms with Crippen molar-refractivity contribution >= 4 is 0 Å². The molecular weight excluding hydrogens is 160 g/mol. The number of hydrogen-bond acceptors (Lipinski definition) is 2. The van der Waals surface area contributed by atoms with Crippen LogP contribution in [0.4, 0.5) is 0 Å². The van der Waals surface area contributed by atoms with Gasteiger partial charge >= 0.3 is 0 Å². The highest BCUT2D eigenvalue weighted by molar-refractivity contribution is 4.79. The second kappa shape index (κ2) is 5.61. The molecule has 2 nitrogen and oxygen atoms in total. The van der Waals surface area contributed by atoms with Crippen LogP contribution in [0, 0.1) is 11.8 Å². The Hall–Kier alpha value is -0.0800. The average molecular weight is 184 g/mol. The van der Waals surface area contributed by atoms with Gasteiger partial charge in [0.15, 0.2) is 0 Å². The van der Waals surface area contributed by atoms with Crippen LogP contribution in [0.15, 0.2) is 0 Å². The van der Waals surface area contributed by atoms with Gasteiger partial charge in [0.25, 0.3) is 0 Å². The Kier molecular flexibility index (Phi) is 4.74. The molecule has 78 valence electrons. The van der Waals surface area contributed by atoms with Crippen molar-refractivity contribution < 1.29 is 0 Å². The van der Waals surface area contributed by atoms with Gasteiger partial charge in [-0.05, 0) is 51.7 Å². The summed E-state index contributed by atoms with van der Waals surface area (Å²) in [6, 6.07) is 0. The smallest absolute Gasteiger partial charge is 0.0104 e. The number of likely N-dealkylation sites (N-methyl/N-ethyl adjacent to an activating group) is 2. The maximum absolute atomic E-state index is 3.18. The third-order valence-electron chi connectivity index (χ3n) is 3.14. The topological polar surface area (TPSA) is 15.3 Å². The lowest BCUT2D eigenvalue weighted by atomic mass is 10.0. The summed E-state index contributed by atoms with van der Waals surface area (Å²) in [4.78, 5) is 2.43. The van der Waals surface area contributed by atoms with Crippen LogP contribution in [0.2, 0.25) is 0 Å². The second-order valence-electron chi connectivity index (χ2n) is 4.51. The van der Waals surface area contributed by atoms with E-state index in [9.17, 15) is 0 Å². The summed E-state index contributed by atoms with van der Waals surface area (Å²) in [5.41, 5.74) is 0. The Balaban J connectivity index is 1.96. The molecule has 0 aromatic carbocycles. The first-order valence-electron chi connectivity index (χ1n) is 5.57. The minimum Gasteiger partial charge on any atom is -0.318 e. The fraction of sp³-hybridized carbons (Fsp3) is 1.00. The predicted molar refractivity (Wildman–Crippen MR) is 57.9 cm³/mol. The zero-order valence-corrected chi connectivity index (χ0v) is 9.34. The molecule has 0 saturated heterocycles. The molecule has 1 saturated carbocycles. The number of hydrogen-bond donors (Lipinski definition) is 1. The first kappa shape index (κ1) is 11.0. The highest BCUT2D eigenvalue weighted by Gasteiger charge is 2.27. The van der Waals surface area contributed by atoms with Gasteiger partial charge in [0.1, 0.15) is 0 Å². The van der Waals surface area contributed by atoms with Crippen molar-refractivity contribution in [2.24, 2.45) is 11.8 Å². The van der Waals surface area contributed by atoms with E-state index in [1.54, 1.807) is 0 Å². The van der Waals surface area contributed by atoms with Crippen LogP contribution >= 0.6 is 0 Å². The van der Waals surface area contributed by atoms with Crippen molar-refractivity contribution in [3.8, 4) is 0 Å². The Bertz CT molecular complexity index is 132. The number of nitrogens with zero attached hydrogens (tertiary/aromatic N) is 1. The van der Waals surface area contributed by atoms with E-state index in [1.165, 1.54) is 32.4 Å². The SMILES string of the molecule is CNCCN(C)CC[C@@H](C)C1CC1. The summed E-state index contributed by atoms with van der Waals surface area (Å²) in [6.07, 6.45) is 4.35. The van der Waals surface area contributed by atoms with Crippen LogP contribution in [0.1, 0.15) is 26.2 Å². The molecular formula is C11H24N2. The van der Waals surface area contributed by atoms with E-state index in [2.05, 4.69) is 24.2 Å². The molecule has 0 aliphatic heterocycles. The summed E-state index contributed by atoms with van der Waals surface area (Å²) in [5.74, 6) is 2.02. The van der Waals surface area contributed by atoms with Crippen LogP contribution in [-0.4, -0.2) is 38.6 Å². The zero-order valence-electron chi connectivity index (χ0n) is 9.34. The molecule has 0 heterocycles. The van der Waals surface area contributed by atoms with E-state index < -0.39 is 0 Å². The maximum Gasteiger partial charge on any atom is 0.0104 e. The molecule has 0 spiro atoms. The molecule has 1 aliphatic rings. The lowest BCUT2D eigenvalue weighted by Crippen LogP contribution is -2.29. The lowest BCUT2D eigenvalue weighted by Gasteiger charge is -2.18. The quantitative estimate of drug-likeness (QED) is 0.646. The molecule has 1 N–H and O–H groups in total. The minimum absolute atomic E-state index is 0.956. The lowest BCUT2D eigenvalue weighted by molar-refractivity contribution is 0.297. The van der Waals surface area contributed by atoms with Crippen LogP contribution in [0.3, 0.4) is 0 Å². The minimum atomic E-state index is 0.956. The van der Waals surface area contributed by atoms with Crippen LogP contribution < -0.4 is 5.32 Å². The Morgan fingerprint density at radius 2 is 2.08 bits per heavy atom. The molecule has 0 radical (unpaired) electrons. The molecule has 1 aliphatic carbocycles. The highest BCUT2D eigenvalue weighted by atomic mass is 15.1. The van der Waals surface area contributed by atoms with Crippen molar-refractivity contribution in [1.82, 2.24) is 10.2 Å². The normalized spacial score (nSPS) is 19.4. The Morgan fingerprint density at radius 1 is 1.38 bits per heavy atom. The summed E-state index contributed by atoms with van der Waals surface area (Å²) < 4.78 is 0. The molecule has 0 bridgehead atoms. The van der Waals surface area contributed by atoms with Gasteiger partial charge in [0.2, 0.25) is 0 Å². The van der Waals surface area contributed by atoms with Gasteiger partial charge in [-0.15, -0.1) is 0 Å². The molecule has 0 unspecified atom stereocenters. The highest BCUT2D eigenvalue weighted by Crippen LogP contribution is 2.38. The molecule has 0 aromatic rings. The van der Waals surface area contributed by atoms with E-state index in [1.807, 2.05) is 7.05 Å². The molecule has 2 heteroatoms. The van der Waals surface area contributed by atoms with Gasteiger partial charge in [-0.3, -0.25) is 0 Å². The molecule has 1 fully saturated rings. The van der Waals surface area contributed by atoms with Crippen LogP contribution in [-0.2, 0) is 0 Å². The summed E-state index contributed by atoms with van der Waals surface area (Å²) in [6.45, 7) is 5.95. The van der Waals surface area contributed by atoms with E-state index in [0.29, 0.717) is 0 Å². The standard InChI is InChI=1S/C11H24N2/c1-10(11-4-5-11)6-8-13(3)9-7-12-2/h10-12H,4-9H2,1-3H3/t10-/m1/s1. The summed E-state index contributed by atoms with van der Waals surface area (Å²) in [5, 5.41) is 3.18. The second-order valence-corrected chi connectivity index (χ2v) is 4.51. The van der Waals surface area contributed by atoms with E-state index in [4.69, 9.17) is 0 Å². The number of nitrogens with one attached hydrogen (secondary N) is 1. The van der Waals surface area contributed by atoms with Gasteiger partial charge in [-0.2, -0.15) is 0 Å². The van der Waals surface area contributed by atoms with Crippen molar-refractivity contribution in [3.63, 3.8) is 0 Å². The van der Waals surface area contributed by atoms with Gasteiger partial charge in [-0.1, -0.05) is 6.92 Å². The third-order valence-corrected chi connectivity index (χ3v) is 3.14. The van der Waals surface area contributed by atoms with Crippen LogP contribution in [0.25, 0.3) is 0 Å². The van der Waals surface area contributed by atoms with Crippen molar-refractivity contribution in [2.75, 3.05) is 33.7 Å². The zero-order chi connectivity index (χ0) is 9.68. The van der Waals surface area contributed by atoms with Gasteiger partial charge in [0.05, 0.1) is 0 Å². The van der Waals surface area contributed by atoms with Gasteiger partial charge < -0.3 is 10.2 Å². The summed E-state index contributed by atoms with van der Waals surface area (Å²) >= 11 is 0. The molecule has 0 amide bonds. The fourth-order valence-electron chi connectivity index (χ4n) is 1.74. The summed E-state index contributed by atoms with van der Waals surface area (Å²) in [7, 11) is 4.23. The molecule has 0 aromatic heterocycles. The van der Waals surface area contributed by atoms with E-state index in [-0.39, 0.29) is 0 Å². The first-order chi connectivity index (χ1) is 6.24. The molecule has 1 rings (SSSR count). The average Bonchev–Trinajstić information content (AvgIpc) is 2.93. The third kappa shape index (κ3) is 4.63. The first-order valence-corrected chi connectivity index (χ1v) is 5.57.